The molecule has 0 amide bonds. The Bertz CT molecular complexity index is 614. The third-order valence-electron chi connectivity index (χ3n) is 3.40. The summed E-state index contributed by atoms with van der Waals surface area (Å²) in [5.41, 5.74) is 4.91. The summed E-state index contributed by atoms with van der Waals surface area (Å²) in [4.78, 5) is 6.96. The molecule has 1 heterocycles. The first kappa shape index (κ1) is 11.0. The molecule has 2 aromatic carbocycles. The van der Waals surface area contributed by atoms with Crippen molar-refractivity contribution in [1.29, 1.82) is 0 Å². The Kier molecular flexibility index (Phi) is 2.63. The second kappa shape index (κ2) is 4.30. The summed E-state index contributed by atoms with van der Waals surface area (Å²) in [6.07, 6.45) is 0. The molecule has 2 heteroatoms. The van der Waals surface area contributed by atoms with E-state index in [2.05, 4.69) is 66.2 Å². The predicted molar refractivity (Wildman–Crippen MR) is 76.6 cm³/mol. The maximum Gasteiger partial charge on any atom is 0.106 e. The molecule has 1 aliphatic rings. The average molecular weight is 236 g/mol. The van der Waals surface area contributed by atoms with Gasteiger partial charge in [-0.1, -0.05) is 36.4 Å². The van der Waals surface area contributed by atoms with Gasteiger partial charge in [0.25, 0.3) is 0 Å². The number of hydrogen-bond acceptors (Lipinski definition) is 2. The number of anilines is 1. The summed E-state index contributed by atoms with van der Waals surface area (Å²) in [6, 6.07) is 16.8. The number of fused-ring (bicyclic) bond motifs is 1. The molecule has 90 valence electrons. The zero-order chi connectivity index (χ0) is 12.5. The van der Waals surface area contributed by atoms with Crippen LogP contribution >= 0.6 is 0 Å². The Morgan fingerprint density at radius 1 is 0.944 bits per heavy atom. The molecular weight excluding hydrogens is 220 g/mol. The Morgan fingerprint density at radius 2 is 1.67 bits per heavy atom. The minimum atomic E-state index is 0.899. The number of aryl methyl sites for hydroxylation is 1. The lowest BCUT2D eigenvalue weighted by Gasteiger charge is -2.30. The molecule has 0 radical (unpaired) electrons. The summed E-state index contributed by atoms with van der Waals surface area (Å²) in [5.74, 6) is 1.06. The SMILES string of the molecule is CC1=Nc2ccccc2CN1c1ccccc1C. The largest absolute Gasteiger partial charge is 0.325 e. The van der Waals surface area contributed by atoms with Crippen molar-refractivity contribution in [3.8, 4) is 0 Å². The highest BCUT2D eigenvalue weighted by Gasteiger charge is 2.18. The highest BCUT2D eigenvalue weighted by atomic mass is 15.2. The van der Waals surface area contributed by atoms with Gasteiger partial charge in [-0.15, -0.1) is 0 Å². The molecule has 0 saturated heterocycles. The molecule has 0 spiro atoms. The van der Waals surface area contributed by atoms with E-state index in [4.69, 9.17) is 0 Å². The van der Waals surface area contributed by atoms with Crippen molar-refractivity contribution in [3.05, 3.63) is 59.7 Å². The number of para-hydroxylation sites is 2. The number of amidine groups is 1. The van der Waals surface area contributed by atoms with E-state index in [-0.39, 0.29) is 0 Å². The van der Waals surface area contributed by atoms with Gasteiger partial charge in [0.1, 0.15) is 5.84 Å². The number of rotatable bonds is 1. The van der Waals surface area contributed by atoms with Gasteiger partial charge in [0, 0.05) is 5.69 Å². The van der Waals surface area contributed by atoms with Crippen LogP contribution in [0.3, 0.4) is 0 Å². The van der Waals surface area contributed by atoms with Crippen LogP contribution in [0.1, 0.15) is 18.1 Å². The summed E-state index contributed by atoms with van der Waals surface area (Å²) in [6.45, 7) is 5.11. The Morgan fingerprint density at radius 3 is 2.50 bits per heavy atom. The van der Waals surface area contributed by atoms with Crippen LogP contribution in [-0.2, 0) is 6.54 Å². The topological polar surface area (TPSA) is 15.6 Å². The minimum absolute atomic E-state index is 0.899. The van der Waals surface area contributed by atoms with Gasteiger partial charge in [-0.2, -0.15) is 0 Å². The molecule has 0 bridgehead atoms. The Labute approximate surface area is 108 Å². The third kappa shape index (κ3) is 1.80. The van der Waals surface area contributed by atoms with E-state index >= 15 is 0 Å². The molecule has 0 N–H and O–H groups in total. The Balaban J connectivity index is 2.05. The molecule has 18 heavy (non-hydrogen) atoms. The molecule has 0 aliphatic carbocycles. The van der Waals surface area contributed by atoms with Crippen LogP contribution in [0, 0.1) is 6.92 Å². The van der Waals surface area contributed by atoms with Crippen LogP contribution in [0.2, 0.25) is 0 Å². The Hall–Kier alpha value is -2.09. The van der Waals surface area contributed by atoms with Crippen molar-refractivity contribution in [3.63, 3.8) is 0 Å². The van der Waals surface area contributed by atoms with Crippen LogP contribution in [0.25, 0.3) is 0 Å². The first-order valence-corrected chi connectivity index (χ1v) is 6.22. The fraction of sp³-hybridized carbons (Fsp3) is 0.188. The van der Waals surface area contributed by atoms with Gasteiger partial charge >= 0.3 is 0 Å². The molecule has 1 aliphatic heterocycles. The van der Waals surface area contributed by atoms with Crippen molar-refractivity contribution in [2.75, 3.05) is 4.90 Å². The maximum atomic E-state index is 4.69. The third-order valence-corrected chi connectivity index (χ3v) is 3.40. The number of nitrogens with zero attached hydrogens (tertiary/aromatic N) is 2. The summed E-state index contributed by atoms with van der Waals surface area (Å²) < 4.78 is 0. The van der Waals surface area contributed by atoms with Crippen molar-refractivity contribution in [2.24, 2.45) is 4.99 Å². The van der Waals surface area contributed by atoms with Crippen LogP contribution in [0.15, 0.2) is 53.5 Å². The second-order valence-corrected chi connectivity index (χ2v) is 4.66. The zero-order valence-corrected chi connectivity index (χ0v) is 10.7. The van der Waals surface area contributed by atoms with E-state index in [1.165, 1.54) is 16.8 Å². The molecule has 3 rings (SSSR count). The highest BCUT2D eigenvalue weighted by molar-refractivity contribution is 5.99. The molecular formula is C16H16N2. The van der Waals surface area contributed by atoms with E-state index < -0.39 is 0 Å². The maximum absolute atomic E-state index is 4.69. The van der Waals surface area contributed by atoms with E-state index in [0.717, 1.165) is 18.1 Å². The fourth-order valence-corrected chi connectivity index (χ4v) is 2.40. The number of hydrogen-bond donors (Lipinski definition) is 0. The fourth-order valence-electron chi connectivity index (χ4n) is 2.40. The van der Waals surface area contributed by atoms with E-state index in [1.807, 2.05) is 6.07 Å². The normalized spacial score (nSPS) is 14.1. The minimum Gasteiger partial charge on any atom is -0.325 e. The molecule has 0 saturated carbocycles. The summed E-state index contributed by atoms with van der Waals surface area (Å²) in [5, 5.41) is 0. The quantitative estimate of drug-likeness (QED) is 0.729. The smallest absolute Gasteiger partial charge is 0.106 e. The summed E-state index contributed by atoms with van der Waals surface area (Å²) in [7, 11) is 0. The van der Waals surface area contributed by atoms with Crippen LogP contribution in [0.5, 0.6) is 0 Å². The average Bonchev–Trinajstić information content (AvgIpc) is 2.39. The van der Waals surface area contributed by atoms with Gasteiger partial charge in [0.2, 0.25) is 0 Å². The molecule has 0 aromatic heterocycles. The number of benzene rings is 2. The van der Waals surface area contributed by atoms with Gasteiger partial charge in [-0.3, -0.25) is 0 Å². The van der Waals surface area contributed by atoms with Crippen LogP contribution < -0.4 is 4.90 Å². The molecule has 0 atom stereocenters. The molecule has 0 unspecified atom stereocenters. The van der Waals surface area contributed by atoms with Gasteiger partial charge in [-0.05, 0) is 37.1 Å². The van der Waals surface area contributed by atoms with Crippen molar-refractivity contribution >= 4 is 17.2 Å². The zero-order valence-electron chi connectivity index (χ0n) is 10.7. The first-order chi connectivity index (χ1) is 8.75. The van der Waals surface area contributed by atoms with Gasteiger partial charge in [0.05, 0.1) is 12.2 Å². The summed E-state index contributed by atoms with van der Waals surface area (Å²) >= 11 is 0. The van der Waals surface area contributed by atoms with E-state index in [1.54, 1.807) is 0 Å². The van der Waals surface area contributed by atoms with E-state index in [9.17, 15) is 0 Å². The lowest BCUT2D eigenvalue weighted by atomic mass is 10.1. The van der Waals surface area contributed by atoms with Crippen molar-refractivity contribution in [1.82, 2.24) is 0 Å². The van der Waals surface area contributed by atoms with Crippen LogP contribution in [0.4, 0.5) is 11.4 Å². The molecule has 2 aromatic rings. The predicted octanol–water partition coefficient (Wildman–Crippen LogP) is 4.07. The highest BCUT2D eigenvalue weighted by Crippen LogP contribution is 2.30. The van der Waals surface area contributed by atoms with Crippen LogP contribution in [-0.4, -0.2) is 5.84 Å². The second-order valence-electron chi connectivity index (χ2n) is 4.66. The lowest BCUT2D eigenvalue weighted by Crippen LogP contribution is -2.31. The molecule has 2 nitrogen and oxygen atoms in total. The number of aliphatic imine (C=N–C) groups is 1. The van der Waals surface area contributed by atoms with Gasteiger partial charge in [0.15, 0.2) is 0 Å². The first-order valence-electron chi connectivity index (χ1n) is 6.22. The lowest BCUT2D eigenvalue weighted by molar-refractivity contribution is 0.966. The van der Waals surface area contributed by atoms with E-state index in [0.29, 0.717) is 0 Å². The van der Waals surface area contributed by atoms with Crippen molar-refractivity contribution in [2.45, 2.75) is 20.4 Å². The standard InChI is InChI=1S/C16H16N2/c1-12-7-3-6-10-16(12)18-11-14-8-4-5-9-15(14)17-13(18)2/h3-10H,11H2,1-2H3. The molecule has 0 fully saturated rings. The van der Waals surface area contributed by atoms with Crippen molar-refractivity contribution < 1.29 is 0 Å². The van der Waals surface area contributed by atoms with Gasteiger partial charge in [-0.25, -0.2) is 4.99 Å². The van der Waals surface area contributed by atoms with Gasteiger partial charge < -0.3 is 4.90 Å². The monoisotopic (exact) mass is 236 g/mol.